The van der Waals surface area contributed by atoms with E-state index in [1.165, 1.54) is 0 Å². The van der Waals surface area contributed by atoms with Gasteiger partial charge in [0.1, 0.15) is 0 Å². The molecule has 1 aromatic heterocycles. The first kappa shape index (κ1) is 8.54. The normalized spacial score (nSPS) is 14.4. The van der Waals surface area contributed by atoms with Crippen molar-refractivity contribution in [2.45, 2.75) is 6.42 Å². The van der Waals surface area contributed by atoms with Gasteiger partial charge in [-0.1, -0.05) is 29.3 Å². The van der Waals surface area contributed by atoms with Gasteiger partial charge in [0.15, 0.2) is 0 Å². The van der Waals surface area contributed by atoms with Gasteiger partial charge in [-0.2, -0.15) is 0 Å². The average molecular weight is 265 g/mol. The Morgan fingerprint density at radius 3 is 2.92 bits per heavy atom. The predicted molar refractivity (Wildman–Crippen MR) is 54.5 cm³/mol. The second kappa shape index (κ2) is 3.02. The largest absolute Gasteiger partial charge is 0.259 e. The highest BCUT2D eigenvalue weighted by Crippen LogP contribution is 2.38. The summed E-state index contributed by atoms with van der Waals surface area (Å²) in [7, 11) is 0. The van der Waals surface area contributed by atoms with Gasteiger partial charge < -0.3 is 0 Å². The number of pyridine rings is 1. The van der Waals surface area contributed by atoms with Crippen molar-refractivity contribution in [1.29, 1.82) is 0 Å². The summed E-state index contributed by atoms with van der Waals surface area (Å²) >= 11 is 15.3. The summed E-state index contributed by atoms with van der Waals surface area (Å²) in [6, 6.07) is 0. The van der Waals surface area contributed by atoms with E-state index in [4.69, 9.17) is 23.2 Å². The summed E-state index contributed by atoms with van der Waals surface area (Å²) in [4.78, 5) is 4.20. The monoisotopic (exact) mass is 263 g/mol. The smallest absolute Gasteiger partial charge is 0.0669 e. The quantitative estimate of drug-likeness (QED) is 0.697. The van der Waals surface area contributed by atoms with E-state index in [9.17, 15) is 0 Å². The topological polar surface area (TPSA) is 12.9 Å². The Bertz CT molecular complexity index is 374. The Morgan fingerprint density at radius 1 is 1.42 bits per heavy atom. The molecular formula is C8H4BrCl2N. The molecule has 1 nitrogen and oxygen atoms in total. The number of allylic oxidation sites excluding steroid dienone is 1. The van der Waals surface area contributed by atoms with Gasteiger partial charge in [0.2, 0.25) is 0 Å². The SMILES string of the molecule is ClC1=CCc2ncc(Br)c(Cl)c21. The number of fused-ring (bicyclic) bond motifs is 1. The summed E-state index contributed by atoms with van der Waals surface area (Å²) in [5.41, 5.74) is 1.82. The molecule has 0 unspecified atom stereocenters. The van der Waals surface area contributed by atoms with Gasteiger partial charge >= 0.3 is 0 Å². The lowest BCUT2D eigenvalue weighted by atomic mass is 10.2. The molecule has 1 aliphatic carbocycles. The average Bonchev–Trinajstić information content (AvgIpc) is 2.41. The molecule has 0 fully saturated rings. The molecular weight excluding hydrogens is 261 g/mol. The lowest BCUT2D eigenvalue weighted by Gasteiger charge is -2.03. The molecule has 0 spiro atoms. The van der Waals surface area contributed by atoms with E-state index >= 15 is 0 Å². The van der Waals surface area contributed by atoms with Crippen LogP contribution in [0.1, 0.15) is 11.3 Å². The maximum Gasteiger partial charge on any atom is 0.0669 e. The fourth-order valence-corrected chi connectivity index (χ4v) is 2.08. The zero-order valence-electron chi connectivity index (χ0n) is 5.94. The molecule has 0 saturated carbocycles. The number of hydrogen-bond donors (Lipinski definition) is 0. The highest BCUT2D eigenvalue weighted by Gasteiger charge is 2.18. The molecule has 1 aromatic rings. The lowest BCUT2D eigenvalue weighted by molar-refractivity contribution is 1.12. The molecule has 2 rings (SSSR count). The third kappa shape index (κ3) is 1.18. The number of halogens is 3. The van der Waals surface area contributed by atoms with Crippen molar-refractivity contribution in [2.75, 3.05) is 0 Å². The Labute approximate surface area is 88.5 Å². The van der Waals surface area contributed by atoms with Crippen molar-refractivity contribution in [3.63, 3.8) is 0 Å². The molecule has 0 bridgehead atoms. The van der Waals surface area contributed by atoms with Crippen molar-refractivity contribution in [3.05, 3.63) is 33.0 Å². The van der Waals surface area contributed by atoms with Gasteiger partial charge in [-0.05, 0) is 15.9 Å². The molecule has 0 aromatic carbocycles. The number of nitrogens with zero attached hydrogens (tertiary/aromatic N) is 1. The van der Waals surface area contributed by atoms with E-state index in [1.54, 1.807) is 6.20 Å². The highest BCUT2D eigenvalue weighted by atomic mass is 79.9. The van der Waals surface area contributed by atoms with Crippen LogP contribution in [0.15, 0.2) is 16.7 Å². The number of hydrogen-bond acceptors (Lipinski definition) is 1. The van der Waals surface area contributed by atoms with Crippen LogP contribution in [-0.4, -0.2) is 4.98 Å². The molecule has 0 atom stereocenters. The predicted octanol–water partition coefficient (Wildman–Crippen LogP) is 3.63. The fourth-order valence-electron chi connectivity index (χ4n) is 1.19. The van der Waals surface area contributed by atoms with Crippen molar-refractivity contribution < 1.29 is 0 Å². The molecule has 62 valence electrons. The van der Waals surface area contributed by atoms with Crippen molar-refractivity contribution >= 4 is 44.2 Å². The molecule has 0 aliphatic heterocycles. The molecule has 12 heavy (non-hydrogen) atoms. The van der Waals surface area contributed by atoms with Gasteiger partial charge in [-0.3, -0.25) is 4.98 Å². The number of aromatic nitrogens is 1. The third-order valence-electron chi connectivity index (χ3n) is 1.76. The van der Waals surface area contributed by atoms with E-state index in [2.05, 4.69) is 20.9 Å². The van der Waals surface area contributed by atoms with Gasteiger partial charge in [0.05, 0.1) is 15.2 Å². The molecule has 1 heterocycles. The van der Waals surface area contributed by atoms with Gasteiger partial charge in [0, 0.05) is 23.2 Å². The molecule has 4 heteroatoms. The summed E-state index contributed by atoms with van der Waals surface area (Å²) in [6.07, 6.45) is 4.39. The van der Waals surface area contributed by atoms with E-state index in [0.29, 0.717) is 10.1 Å². The molecule has 0 amide bonds. The molecule has 0 saturated heterocycles. The molecule has 1 aliphatic rings. The first-order valence-electron chi connectivity index (χ1n) is 3.39. The van der Waals surface area contributed by atoms with Crippen LogP contribution in [0.25, 0.3) is 5.03 Å². The van der Waals surface area contributed by atoms with E-state index in [0.717, 1.165) is 22.2 Å². The summed E-state index contributed by atoms with van der Waals surface area (Å²) in [5, 5.41) is 1.35. The minimum atomic E-state index is 0.652. The first-order valence-corrected chi connectivity index (χ1v) is 4.94. The van der Waals surface area contributed by atoms with Crippen LogP contribution in [0.5, 0.6) is 0 Å². The zero-order chi connectivity index (χ0) is 8.72. The van der Waals surface area contributed by atoms with Crippen molar-refractivity contribution in [3.8, 4) is 0 Å². The van der Waals surface area contributed by atoms with E-state index in [-0.39, 0.29) is 0 Å². The second-order valence-corrected chi connectivity index (χ2v) is 4.14. The summed E-state index contributed by atoms with van der Waals surface area (Å²) < 4.78 is 0.788. The maximum atomic E-state index is 6.02. The van der Waals surface area contributed by atoms with E-state index in [1.807, 2.05) is 6.08 Å². The first-order chi connectivity index (χ1) is 5.70. The summed E-state index contributed by atoms with van der Waals surface area (Å²) in [5.74, 6) is 0. The maximum absolute atomic E-state index is 6.02. The second-order valence-electron chi connectivity index (χ2n) is 2.50. The van der Waals surface area contributed by atoms with Crippen LogP contribution < -0.4 is 0 Å². The van der Waals surface area contributed by atoms with Crippen LogP contribution in [0.3, 0.4) is 0 Å². The Balaban J connectivity index is 2.70. The fraction of sp³-hybridized carbons (Fsp3) is 0.125. The summed E-state index contributed by atoms with van der Waals surface area (Å²) in [6.45, 7) is 0. The minimum absolute atomic E-state index is 0.652. The van der Waals surface area contributed by atoms with Crippen molar-refractivity contribution in [2.24, 2.45) is 0 Å². The van der Waals surface area contributed by atoms with Gasteiger partial charge in [-0.25, -0.2) is 0 Å². The van der Waals surface area contributed by atoms with Crippen LogP contribution in [0.2, 0.25) is 5.02 Å². The molecule has 0 radical (unpaired) electrons. The van der Waals surface area contributed by atoms with Crippen LogP contribution >= 0.6 is 39.1 Å². The number of rotatable bonds is 0. The zero-order valence-corrected chi connectivity index (χ0v) is 9.04. The third-order valence-corrected chi connectivity index (χ3v) is 3.33. The van der Waals surface area contributed by atoms with Gasteiger partial charge in [-0.15, -0.1) is 0 Å². The molecule has 0 N–H and O–H groups in total. The van der Waals surface area contributed by atoms with Gasteiger partial charge in [0.25, 0.3) is 0 Å². The Hall–Kier alpha value is -0.0500. The standard InChI is InChI=1S/C8H4BrCl2N/c9-4-3-12-6-2-1-5(10)7(6)8(4)11/h1,3H,2H2. The van der Waals surface area contributed by atoms with Crippen LogP contribution in [-0.2, 0) is 6.42 Å². The van der Waals surface area contributed by atoms with Crippen LogP contribution in [0, 0.1) is 0 Å². The van der Waals surface area contributed by atoms with Crippen LogP contribution in [0.4, 0.5) is 0 Å². The Kier molecular flexibility index (Phi) is 2.15. The highest BCUT2D eigenvalue weighted by molar-refractivity contribution is 9.10. The lowest BCUT2D eigenvalue weighted by Crippen LogP contribution is -1.89. The van der Waals surface area contributed by atoms with E-state index < -0.39 is 0 Å². The van der Waals surface area contributed by atoms with Crippen molar-refractivity contribution in [1.82, 2.24) is 4.98 Å². The Morgan fingerprint density at radius 2 is 2.17 bits per heavy atom. The minimum Gasteiger partial charge on any atom is -0.259 e.